The zero-order valence-electron chi connectivity index (χ0n) is 11.5. The third-order valence-electron chi connectivity index (χ3n) is 3.06. The lowest BCUT2D eigenvalue weighted by Crippen LogP contribution is -2.39. The van der Waals surface area contributed by atoms with Crippen LogP contribution in [0.1, 0.15) is 33.6 Å². The van der Waals surface area contributed by atoms with Crippen molar-refractivity contribution in [3.8, 4) is 0 Å². The van der Waals surface area contributed by atoms with E-state index in [-0.39, 0.29) is 6.54 Å². The molecule has 0 bridgehead atoms. The van der Waals surface area contributed by atoms with Crippen LogP contribution in [0.25, 0.3) is 0 Å². The molecule has 0 radical (unpaired) electrons. The van der Waals surface area contributed by atoms with Crippen LogP contribution < -0.4 is 0 Å². The van der Waals surface area contributed by atoms with Crippen LogP contribution in [-0.4, -0.2) is 40.8 Å². The van der Waals surface area contributed by atoms with Crippen molar-refractivity contribution in [2.75, 3.05) is 13.1 Å². The summed E-state index contributed by atoms with van der Waals surface area (Å²) in [5.41, 5.74) is -0.231. The Morgan fingerprint density at radius 2 is 2.11 bits per heavy atom. The van der Waals surface area contributed by atoms with Crippen LogP contribution in [-0.2, 0) is 9.53 Å². The number of carbonyl (C=O) groups excluding carboxylic acids is 1. The van der Waals surface area contributed by atoms with Crippen LogP contribution in [0.5, 0.6) is 0 Å². The van der Waals surface area contributed by atoms with Crippen molar-refractivity contribution in [2.45, 2.75) is 39.2 Å². The van der Waals surface area contributed by atoms with Crippen molar-refractivity contribution in [1.29, 1.82) is 0 Å². The second-order valence-corrected chi connectivity index (χ2v) is 6.06. The van der Waals surface area contributed by atoms with E-state index in [1.165, 1.54) is 10.4 Å². The molecule has 0 aromatic rings. The average Bonchev–Trinajstić information content (AvgIpc) is 2.69. The van der Waals surface area contributed by atoms with Gasteiger partial charge in [0.25, 0.3) is 0 Å². The predicted octanol–water partition coefficient (Wildman–Crippen LogP) is 2.84. The Labute approximate surface area is 118 Å². The van der Waals surface area contributed by atoms with Crippen LogP contribution in [0.2, 0.25) is 0 Å². The van der Waals surface area contributed by atoms with Gasteiger partial charge in [-0.15, -0.1) is 0 Å². The van der Waals surface area contributed by atoms with E-state index in [1.807, 2.05) is 0 Å². The molecule has 5 nitrogen and oxygen atoms in total. The number of hydrogen-bond donors (Lipinski definition) is 1. The zero-order chi connectivity index (χ0) is 14.7. The molecule has 1 atom stereocenters. The average molecular weight is 290 g/mol. The van der Waals surface area contributed by atoms with Gasteiger partial charge in [-0.05, 0) is 33.6 Å². The number of likely N-dealkylation sites (tertiary alicyclic amines) is 1. The molecule has 1 fully saturated rings. The Morgan fingerprint density at radius 3 is 2.58 bits per heavy atom. The van der Waals surface area contributed by atoms with Gasteiger partial charge in [0.1, 0.15) is 5.60 Å². The number of hydrogen-bond acceptors (Lipinski definition) is 3. The van der Waals surface area contributed by atoms with E-state index in [0.717, 1.165) is 0 Å². The molecular weight excluding hydrogens is 270 g/mol. The van der Waals surface area contributed by atoms with Gasteiger partial charge in [0.05, 0.1) is 5.41 Å². The number of amides is 1. The van der Waals surface area contributed by atoms with Crippen LogP contribution >= 0.6 is 11.6 Å². The minimum atomic E-state index is -0.956. The number of aliphatic carboxylic acids is 1. The summed E-state index contributed by atoms with van der Waals surface area (Å²) in [6, 6.07) is 0. The van der Waals surface area contributed by atoms with Crippen LogP contribution in [0, 0.1) is 5.41 Å². The third kappa shape index (κ3) is 4.13. The second kappa shape index (κ2) is 5.82. The monoisotopic (exact) mass is 289 g/mol. The highest BCUT2D eigenvalue weighted by Crippen LogP contribution is 2.35. The van der Waals surface area contributed by atoms with Gasteiger partial charge < -0.3 is 14.7 Å². The molecule has 1 saturated heterocycles. The molecule has 19 heavy (non-hydrogen) atoms. The molecule has 0 spiro atoms. The molecule has 0 saturated carbocycles. The van der Waals surface area contributed by atoms with E-state index in [4.69, 9.17) is 16.3 Å². The normalized spacial score (nSPS) is 23.9. The minimum Gasteiger partial charge on any atom is -0.481 e. The fraction of sp³-hybridized carbons (Fsp3) is 0.692. The number of ether oxygens (including phenoxy) is 1. The zero-order valence-corrected chi connectivity index (χ0v) is 12.2. The first-order valence-corrected chi connectivity index (χ1v) is 6.60. The maximum Gasteiger partial charge on any atom is 0.410 e. The van der Waals surface area contributed by atoms with E-state index in [1.54, 1.807) is 26.8 Å². The molecule has 1 aliphatic rings. The molecule has 1 aliphatic heterocycles. The van der Waals surface area contributed by atoms with Crippen molar-refractivity contribution < 1.29 is 19.4 Å². The van der Waals surface area contributed by atoms with E-state index in [0.29, 0.717) is 19.4 Å². The van der Waals surface area contributed by atoms with Gasteiger partial charge in [-0.2, -0.15) is 0 Å². The van der Waals surface area contributed by atoms with E-state index in [9.17, 15) is 14.7 Å². The molecule has 0 aliphatic carbocycles. The number of allylic oxidation sites excluding steroid dienone is 1. The number of halogens is 1. The predicted molar refractivity (Wildman–Crippen MR) is 72.1 cm³/mol. The van der Waals surface area contributed by atoms with E-state index in [2.05, 4.69) is 0 Å². The topological polar surface area (TPSA) is 66.8 Å². The second-order valence-electron chi connectivity index (χ2n) is 5.80. The number of rotatable bonds is 3. The first-order chi connectivity index (χ1) is 8.70. The Bertz CT molecular complexity index is 389. The lowest BCUT2D eigenvalue weighted by molar-refractivity contribution is -0.147. The van der Waals surface area contributed by atoms with Crippen LogP contribution in [0.4, 0.5) is 4.79 Å². The minimum absolute atomic E-state index is 0.151. The summed E-state index contributed by atoms with van der Waals surface area (Å²) >= 11 is 5.45. The van der Waals surface area contributed by atoms with Crippen molar-refractivity contribution in [3.63, 3.8) is 0 Å². The van der Waals surface area contributed by atoms with Gasteiger partial charge >= 0.3 is 12.1 Å². The lowest BCUT2D eigenvalue weighted by Gasteiger charge is -2.26. The number of nitrogens with zero attached hydrogens (tertiary/aromatic N) is 1. The number of carbonyl (C=O) groups is 2. The maximum atomic E-state index is 11.9. The highest BCUT2D eigenvalue weighted by molar-refractivity contribution is 6.25. The molecule has 1 unspecified atom stereocenters. The van der Waals surface area contributed by atoms with Gasteiger partial charge in [0.15, 0.2) is 0 Å². The van der Waals surface area contributed by atoms with Gasteiger partial charge in [-0.25, -0.2) is 4.79 Å². The van der Waals surface area contributed by atoms with Crippen molar-refractivity contribution >= 4 is 23.7 Å². The molecule has 1 rings (SSSR count). The van der Waals surface area contributed by atoms with Crippen LogP contribution in [0.15, 0.2) is 11.6 Å². The third-order valence-corrected chi connectivity index (χ3v) is 3.24. The summed E-state index contributed by atoms with van der Waals surface area (Å²) in [6.07, 6.45) is 1.85. The van der Waals surface area contributed by atoms with E-state index < -0.39 is 23.1 Å². The molecule has 0 aromatic carbocycles. The maximum absolute atomic E-state index is 11.9. The van der Waals surface area contributed by atoms with Crippen molar-refractivity contribution in [2.24, 2.45) is 5.41 Å². The molecule has 1 N–H and O–H groups in total. The fourth-order valence-electron chi connectivity index (χ4n) is 2.05. The number of carboxylic acids is 1. The SMILES string of the molecule is CC(C)(C)OC(=O)N1CCC(C/C=C/Cl)(C(=O)O)C1. The fourth-order valence-corrected chi connectivity index (χ4v) is 2.14. The number of carboxylic acid groups (broad SMARTS) is 1. The van der Waals surface area contributed by atoms with Gasteiger partial charge in [0, 0.05) is 18.6 Å². The standard InChI is InChI=1S/C13H20ClNO4/c1-12(2,3)19-11(18)15-8-6-13(9-15,10(16)17)5-4-7-14/h4,7H,5-6,8-9H2,1-3H3,(H,16,17)/b7-4+. The highest BCUT2D eigenvalue weighted by atomic mass is 35.5. The molecular formula is C13H20ClNO4. The molecule has 1 heterocycles. The first-order valence-electron chi connectivity index (χ1n) is 6.17. The summed E-state index contributed by atoms with van der Waals surface area (Å²) in [7, 11) is 0. The smallest absolute Gasteiger partial charge is 0.410 e. The Kier molecular flexibility index (Phi) is 4.85. The summed E-state index contributed by atoms with van der Waals surface area (Å²) in [5.74, 6) is -0.909. The Hall–Kier alpha value is -1.23. The quantitative estimate of drug-likeness (QED) is 0.867. The van der Waals surface area contributed by atoms with Gasteiger partial charge in [-0.3, -0.25) is 4.79 Å². The summed E-state index contributed by atoms with van der Waals surface area (Å²) in [5, 5.41) is 9.37. The van der Waals surface area contributed by atoms with Crippen LogP contribution in [0.3, 0.4) is 0 Å². The summed E-state index contributed by atoms with van der Waals surface area (Å²) in [6.45, 7) is 5.88. The summed E-state index contributed by atoms with van der Waals surface area (Å²) in [4.78, 5) is 24.8. The molecule has 0 aromatic heterocycles. The Balaban J connectivity index is 2.74. The lowest BCUT2D eigenvalue weighted by atomic mass is 9.84. The van der Waals surface area contributed by atoms with Crippen molar-refractivity contribution in [3.05, 3.63) is 11.6 Å². The molecule has 6 heteroatoms. The molecule has 1 amide bonds. The first kappa shape index (κ1) is 15.8. The van der Waals surface area contributed by atoms with Crippen molar-refractivity contribution in [1.82, 2.24) is 4.90 Å². The largest absolute Gasteiger partial charge is 0.481 e. The highest BCUT2D eigenvalue weighted by Gasteiger charge is 2.46. The van der Waals surface area contributed by atoms with Gasteiger partial charge in [0.2, 0.25) is 0 Å². The molecule has 108 valence electrons. The Morgan fingerprint density at radius 1 is 1.47 bits per heavy atom. The summed E-state index contributed by atoms with van der Waals surface area (Å²) < 4.78 is 5.25. The van der Waals surface area contributed by atoms with Gasteiger partial charge in [-0.1, -0.05) is 17.7 Å². The van der Waals surface area contributed by atoms with E-state index >= 15 is 0 Å².